The Bertz CT molecular complexity index is 866. The highest BCUT2D eigenvalue weighted by atomic mass is 19.1. The van der Waals surface area contributed by atoms with E-state index in [-0.39, 0.29) is 17.9 Å². The lowest BCUT2D eigenvalue weighted by Crippen LogP contribution is -2.38. The lowest BCUT2D eigenvalue weighted by Gasteiger charge is -2.21. The molecule has 2 heterocycles. The molecular weight excluding hydrogens is 301 g/mol. The second-order valence-electron chi connectivity index (χ2n) is 5.63. The Morgan fingerprint density at radius 1 is 1.52 bits per heavy atom. The molecule has 0 fully saturated rings. The number of aliphatic hydroxyl groups is 1. The van der Waals surface area contributed by atoms with Gasteiger partial charge in [-0.3, -0.25) is 9.48 Å². The Morgan fingerprint density at radius 2 is 2.30 bits per heavy atom. The molecule has 0 spiro atoms. The van der Waals surface area contributed by atoms with Crippen LogP contribution in [0, 0.1) is 5.82 Å². The minimum Gasteiger partial charge on any atom is -0.448 e. The van der Waals surface area contributed by atoms with Crippen molar-refractivity contribution in [2.45, 2.75) is 12.5 Å². The van der Waals surface area contributed by atoms with Gasteiger partial charge in [-0.15, -0.1) is 0 Å². The van der Waals surface area contributed by atoms with E-state index >= 15 is 0 Å². The van der Waals surface area contributed by atoms with Crippen LogP contribution in [0.15, 0.2) is 41.1 Å². The van der Waals surface area contributed by atoms with Gasteiger partial charge in [0.25, 0.3) is 5.91 Å². The van der Waals surface area contributed by atoms with Gasteiger partial charge in [-0.1, -0.05) is 12.1 Å². The van der Waals surface area contributed by atoms with Gasteiger partial charge in [-0.2, -0.15) is 5.10 Å². The minimum atomic E-state index is -1.28. The van der Waals surface area contributed by atoms with Crippen LogP contribution < -0.4 is 5.32 Å². The van der Waals surface area contributed by atoms with E-state index in [0.717, 1.165) is 0 Å². The number of benzene rings is 1. The number of carbonyl (C=O) groups is 1. The van der Waals surface area contributed by atoms with E-state index in [1.54, 1.807) is 37.0 Å². The Hall–Kier alpha value is -2.67. The largest absolute Gasteiger partial charge is 0.448 e. The highest BCUT2D eigenvalue weighted by Crippen LogP contribution is 2.23. The SMILES string of the molecule is Cn1cc([C@](C)(O)CNC(=O)c2cc3cccc(F)c3o2)cn1. The average Bonchev–Trinajstić information content (AvgIpc) is 3.12. The van der Waals surface area contributed by atoms with Gasteiger partial charge in [-0.05, 0) is 19.1 Å². The maximum Gasteiger partial charge on any atom is 0.287 e. The highest BCUT2D eigenvalue weighted by molar-refractivity contribution is 5.96. The number of nitrogens with zero attached hydrogens (tertiary/aromatic N) is 2. The molecule has 3 aromatic rings. The molecular formula is C16H16FN3O3. The molecule has 7 heteroatoms. The molecule has 0 saturated heterocycles. The summed E-state index contributed by atoms with van der Waals surface area (Å²) in [6.07, 6.45) is 3.20. The first kappa shape index (κ1) is 15.2. The molecule has 3 rings (SSSR count). The van der Waals surface area contributed by atoms with Crippen molar-refractivity contribution in [3.05, 3.63) is 53.8 Å². The number of halogens is 1. The van der Waals surface area contributed by atoms with E-state index in [0.29, 0.717) is 10.9 Å². The number of aryl methyl sites for hydroxylation is 1. The molecule has 0 bridgehead atoms. The van der Waals surface area contributed by atoms with Gasteiger partial charge in [-0.25, -0.2) is 4.39 Å². The molecule has 0 aliphatic rings. The van der Waals surface area contributed by atoms with Crippen LogP contribution in [0.4, 0.5) is 4.39 Å². The van der Waals surface area contributed by atoms with Gasteiger partial charge in [0.2, 0.25) is 0 Å². The zero-order valence-electron chi connectivity index (χ0n) is 12.7. The number of para-hydroxylation sites is 1. The fourth-order valence-electron chi connectivity index (χ4n) is 2.28. The van der Waals surface area contributed by atoms with E-state index in [4.69, 9.17) is 4.42 Å². The van der Waals surface area contributed by atoms with Crippen molar-refractivity contribution in [3.8, 4) is 0 Å². The summed E-state index contributed by atoms with van der Waals surface area (Å²) in [6.45, 7) is 1.54. The number of aromatic nitrogens is 2. The lowest BCUT2D eigenvalue weighted by atomic mass is 10.00. The standard InChI is InChI=1S/C16H16FN3O3/c1-16(22,11-7-19-20(2)8-11)9-18-15(21)13-6-10-4-3-5-12(17)14(10)23-13/h3-8,22H,9H2,1-2H3,(H,18,21)/t16-/m1/s1. The molecule has 0 radical (unpaired) electrons. The van der Waals surface area contributed by atoms with Crippen LogP contribution in [0.1, 0.15) is 23.0 Å². The Balaban J connectivity index is 1.74. The fraction of sp³-hybridized carbons (Fsp3) is 0.250. The second-order valence-corrected chi connectivity index (χ2v) is 5.63. The van der Waals surface area contributed by atoms with Gasteiger partial charge >= 0.3 is 0 Å². The average molecular weight is 317 g/mol. The van der Waals surface area contributed by atoms with E-state index in [1.165, 1.54) is 18.3 Å². The van der Waals surface area contributed by atoms with Gasteiger partial charge < -0.3 is 14.8 Å². The summed E-state index contributed by atoms with van der Waals surface area (Å²) in [6, 6.07) is 5.93. The summed E-state index contributed by atoms with van der Waals surface area (Å²) in [7, 11) is 1.74. The van der Waals surface area contributed by atoms with Crippen molar-refractivity contribution in [1.29, 1.82) is 0 Å². The Labute approximate surface area is 131 Å². The highest BCUT2D eigenvalue weighted by Gasteiger charge is 2.26. The molecule has 120 valence electrons. The van der Waals surface area contributed by atoms with Crippen molar-refractivity contribution in [3.63, 3.8) is 0 Å². The van der Waals surface area contributed by atoms with Crippen molar-refractivity contribution >= 4 is 16.9 Å². The van der Waals surface area contributed by atoms with Crippen LogP contribution in [0.5, 0.6) is 0 Å². The molecule has 0 aliphatic carbocycles. The Kier molecular flexibility index (Phi) is 3.65. The van der Waals surface area contributed by atoms with Crippen molar-refractivity contribution in [1.82, 2.24) is 15.1 Å². The summed E-state index contributed by atoms with van der Waals surface area (Å²) in [5.74, 6) is -1.05. The number of furan rings is 1. The van der Waals surface area contributed by atoms with Gasteiger partial charge in [0, 0.05) is 24.2 Å². The fourth-order valence-corrected chi connectivity index (χ4v) is 2.28. The first-order valence-electron chi connectivity index (χ1n) is 7.04. The summed E-state index contributed by atoms with van der Waals surface area (Å²) in [4.78, 5) is 12.1. The number of hydrogen-bond donors (Lipinski definition) is 2. The minimum absolute atomic E-state index is 0.00733. The van der Waals surface area contributed by atoms with E-state index in [2.05, 4.69) is 10.4 Å². The maximum atomic E-state index is 13.6. The predicted molar refractivity (Wildman–Crippen MR) is 81.3 cm³/mol. The first-order chi connectivity index (χ1) is 10.9. The van der Waals surface area contributed by atoms with Gasteiger partial charge in [0.1, 0.15) is 5.60 Å². The third-order valence-electron chi connectivity index (χ3n) is 3.64. The van der Waals surface area contributed by atoms with Gasteiger partial charge in [0.15, 0.2) is 17.2 Å². The first-order valence-corrected chi connectivity index (χ1v) is 7.04. The third-order valence-corrected chi connectivity index (χ3v) is 3.64. The maximum absolute atomic E-state index is 13.6. The number of amides is 1. The van der Waals surface area contributed by atoms with Crippen molar-refractivity contribution in [2.24, 2.45) is 7.05 Å². The molecule has 1 aromatic carbocycles. The molecule has 6 nitrogen and oxygen atoms in total. The van der Waals surface area contributed by atoms with E-state index < -0.39 is 17.3 Å². The number of fused-ring (bicyclic) bond motifs is 1. The quantitative estimate of drug-likeness (QED) is 0.770. The van der Waals surface area contributed by atoms with E-state index in [9.17, 15) is 14.3 Å². The molecule has 0 unspecified atom stereocenters. The zero-order valence-corrected chi connectivity index (χ0v) is 12.7. The predicted octanol–water partition coefficient (Wildman–Crippen LogP) is 1.94. The van der Waals surface area contributed by atoms with Crippen LogP contribution in [-0.4, -0.2) is 27.3 Å². The number of hydrogen-bond acceptors (Lipinski definition) is 4. The summed E-state index contributed by atoms with van der Waals surface area (Å²) in [5, 5.41) is 17.5. The van der Waals surface area contributed by atoms with E-state index in [1.807, 2.05) is 0 Å². The lowest BCUT2D eigenvalue weighted by molar-refractivity contribution is 0.0518. The number of rotatable bonds is 4. The van der Waals surface area contributed by atoms with Crippen LogP contribution >= 0.6 is 0 Å². The zero-order chi connectivity index (χ0) is 16.6. The van der Waals surface area contributed by atoms with Crippen LogP contribution in [0.3, 0.4) is 0 Å². The molecule has 0 saturated carbocycles. The summed E-state index contributed by atoms with van der Waals surface area (Å²) in [5.41, 5.74) is -0.658. The van der Waals surface area contributed by atoms with Gasteiger partial charge in [0.05, 0.1) is 12.7 Å². The number of carbonyl (C=O) groups excluding carboxylic acids is 1. The monoisotopic (exact) mass is 317 g/mol. The topological polar surface area (TPSA) is 80.3 Å². The molecule has 1 atom stereocenters. The summed E-state index contributed by atoms with van der Waals surface area (Å²) < 4.78 is 20.4. The van der Waals surface area contributed by atoms with Crippen LogP contribution in [0.25, 0.3) is 11.0 Å². The molecule has 1 amide bonds. The Morgan fingerprint density at radius 3 is 2.96 bits per heavy atom. The summed E-state index contributed by atoms with van der Waals surface area (Å²) >= 11 is 0. The molecule has 2 N–H and O–H groups in total. The van der Waals surface area contributed by atoms with Crippen molar-refractivity contribution < 1.29 is 18.7 Å². The molecule has 23 heavy (non-hydrogen) atoms. The third kappa shape index (κ3) is 2.95. The molecule has 2 aromatic heterocycles. The normalized spacial score (nSPS) is 13.9. The number of nitrogens with one attached hydrogen (secondary N) is 1. The van der Waals surface area contributed by atoms with Crippen molar-refractivity contribution in [2.75, 3.05) is 6.54 Å². The van der Waals surface area contributed by atoms with Crippen LogP contribution in [0.2, 0.25) is 0 Å². The smallest absolute Gasteiger partial charge is 0.287 e. The molecule has 0 aliphatic heterocycles. The van der Waals surface area contributed by atoms with Crippen LogP contribution in [-0.2, 0) is 12.6 Å². The second kappa shape index (κ2) is 5.51.